The van der Waals surface area contributed by atoms with Crippen molar-refractivity contribution in [1.82, 2.24) is 0 Å². The van der Waals surface area contributed by atoms with E-state index in [1.54, 1.807) is 6.08 Å². The fraction of sp³-hybridized carbons (Fsp3) is 0.231. The number of carbonyl (C=O) groups excluding carboxylic acids is 2. The molecule has 0 radical (unpaired) electrons. The highest BCUT2D eigenvalue weighted by atomic mass is 16.5. The monoisotopic (exact) mass is 249 g/mol. The van der Waals surface area contributed by atoms with Crippen LogP contribution in [0.5, 0.6) is 0 Å². The highest BCUT2D eigenvalue weighted by Gasteiger charge is 2.08. The number of rotatable bonds is 5. The Morgan fingerprint density at radius 1 is 1.22 bits per heavy atom. The zero-order valence-electron chi connectivity index (χ0n) is 10.3. The molecule has 0 aromatic heterocycles. The molecule has 1 rings (SSSR count). The van der Waals surface area contributed by atoms with Crippen molar-refractivity contribution in [3.63, 3.8) is 0 Å². The Morgan fingerprint density at radius 2 is 1.89 bits per heavy atom. The molecule has 0 spiro atoms. The van der Waals surface area contributed by atoms with Gasteiger partial charge in [0.05, 0.1) is 13.4 Å². The molecular weight excluding hydrogens is 234 g/mol. The second-order valence-corrected chi connectivity index (χ2v) is 3.42. The first kappa shape index (κ1) is 13.8. The molecule has 0 aliphatic rings. The minimum absolute atomic E-state index is 0.389. The molecule has 18 heavy (non-hydrogen) atoms. The molecule has 0 fully saturated rings. The predicted octanol–water partition coefficient (Wildman–Crippen LogP) is 1.81. The largest absolute Gasteiger partial charge is 0.469 e. The van der Waals surface area contributed by atoms with E-state index in [9.17, 15) is 9.59 Å². The quantitative estimate of drug-likeness (QED) is 0.490. The lowest BCUT2D eigenvalue weighted by Crippen LogP contribution is -2.09. The van der Waals surface area contributed by atoms with Gasteiger partial charge in [0.2, 0.25) is 0 Å². The maximum atomic E-state index is 11.1. The van der Waals surface area contributed by atoms with Gasteiger partial charge in [0, 0.05) is 12.7 Å². The SMILES string of the molecule is CNc1ccc(/C=C/OC(=O)CC(=O)OC)cc1. The molecule has 0 saturated carbocycles. The number of methoxy groups -OCH3 is 1. The molecule has 0 aliphatic heterocycles. The van der Waals surface area contributed by atoms with Gasteiger partial charge in [0.15, 0.2) is 0 Å². The second kappa shape index (κ2) is 7.11. The first-order chi connectivity index (χ1) is 8.65. The van der Waals surface area contributed by atoms with Crippen LogP contribution in [0.15, 0.2) is 30.5 Å². The Kier molecular flexibility index (Phi) is 5.44. The lowest BCUT2D eigenvalue weighted by molar-refractivity contribution is -0.149. The van der Waals surface area contributed by atoms with E-state index in [1.807, 2.05) is 31.3 Å². The summed E-state index contributed by atoms with van der Waals surface area (Å²) in [5.41, 5.74) is 1.88. The highest BCUT2D eigenvalue weighted by Crippen LogP contribution is 2.09. The molecule has 0 heterocycles. The van der Waals surface area contributed by atoms with Gasteiger partial charge < -0.3 is 14.8 Å². The lowest BCUT2D eigenvalue weighted by atomic mass is 10.2. The summed E-state index contributed by atoms with van der Waals surface area (Å²) in [5.74, 6) is -1.27. The highest BCUT2D eigenvalue weighted by molar-refractivity contribution is 5.91. The normalized spacial score (nSPS) is 10.1. The van der Waals surface area contributed by atoms with Gasteiger partial charge in [-0.15, -0.1) is 0 Å². The molecule has 5 heteroatoms. The number of hydrogen-bond acceptors (Lipinski definition) is 5. The van der Waals surface area contributed by atoms with Gasteiger partial charge >= 0.3 is 11.9 Å². The van der Waals surface area contributed by atoms with E-state index in [1.165, 1.54) is 13.4 Å². The summed E-state index contributed by atoms with van der Waals surface area (Å²) < 4.78 is 9.08. The number of nitrogens with one attached hydrogen (secondary N) is 1. The molecule has 1 aromatic rings. The van der Waals surface area contributed by atoms with Crippen molar-refractivity contribution in [1.29, 1.82) is 0 Å². The minimum Gasteiger partial charge on any atom is -0.469 e. The molecule has 0 atom stereocenters. The molecule has 0 amide bonds. The molecule has 96 valence electrons. The van der Waals surface area contributed by atoms with Crippen molar-refractivity contribution < 1.29 is 19.1 Å². The Morgan fingerprint density at radius 3 is 2.44 bits per heavy atom. The van der Waals surface area contributed by atoms with E-state index in [2.05, 4.69) is 10.1 Å². The van der Waals surface area contributed by atoms with Crippen LogP contribution in [-0.4, -0.2) is 26.1 Å². The van der Waals surface area contributed by atoms with Crippen LogP contribution >= 0.6 is 0 Å². The number of carbonyl (C=O) groups is 2. The van der Waals surface area contributed by atoms with Crippen LogP contribution in [0.4, 0.5) is 5.69 Å². The fourth-order valence-electron chi connectivity index (χ4n) is 1.18. The van der Waals surface area contributed by atoms with Gasteiger partial charge in [-0.1, -0.05) is 12.1 Å². The smallest absolute Gasteiger partial charge is 0.321 e. The molecule has 0 bridgehead atoms. The van der Waals surface area contributed by atoms with Crippen LogP contribution in [-0.2, 0) is 19.1 Å². The van der Waals surface area contributed by atoms with Crippen LogP contribution < -0.4 is 5.32 Å². The van der Waals surface area contributed by atoms with Crippen LogP contribution in [0, 0.1) is 0 Å². The Bertz CT molecular complexity index is 437. The van der Waals surface area contributed by atoms with Crippen molar-refractivity contribution >= 4 is 23.7 Å². The maximum absolute atomic E-state index is 11.1. The van der Waals surface area contributed by atoms with E-state index >= 15 is 0 Å². The zero-order valence-corrected chi connectivity index (χ0v) is 10.3. The first-order valence-corrected chi connectivity index (χ1v) is 5.36. The maximum Gasteiger partial charge on any atom is 0.321 e. The van der Waals surface area contributed by atoms with Crippen LogP contribution in [0.1, 0.15) is 12.0 Å². The summed E-state index contributed by atoms with van der Waals surface area (Å²) in [4.78, 5) is 21.9. The van der Waals surface area contributed by atoms with E-state index in [4.69, 9.17) is 4.74 Å². The summed E-state index contributed by atoms with van der Waals surface area (Å²) in [7, 11) is 3.05. The van der Waals surface area contributed by atoms with Gasteiger partial charge in [-0.3, -0.25) is 9.59 Å². The van der Waals surface area contributed by atoms with E-state index in [0.29, 0.717) is 0 Å². The van der Waals surface area contributed by atoms with Crippen LogP contribution in [0.3, 0.4) is 0 Å². The van der Waals surface area contributed by atoms with Gasteiger partial charge in [-0.25, -0.2) is 0 Å². The Hall–Kier alpha value is -2.30. The summed E-state index contributed by atoms with van der Waals surface area (Å²) >= 11 is 0. The first-order valence-electron chi connectivity index (χ1n) is 5.36. The van der Waals surface area contributed by atoms with Gasteiger partial charge in [-0.05, 0) is 23.8 Å². The number of ether oxygens (including phenoxy) is 2. The summed E-state index contributed by atoms with van der Waals surface area (Å²) in [6, 6.07) is 7.54. The van der Waals surface area contributed by atoms with E-state index in [0.717, 1.165) is 11.3 Å². The van der Waals surface area contributed by atoms with Gasteiger partial charge in [0.25, 0.3) is 0 Å². The van der Waals surface area contributed by atoms with E-state index in [-0.39, 0.29) is 6.42 Å². The summed E-state index contributed by atoms with van der Waals surface area (Å²) in [6.45, 7) is 0. The van der Waals surface area contributed by atoms with E-state index < -0.39 is 11.9 Å². The average molecular weight is 249 g/mol. The average Bonchev–Trinajstić information content (AvgIpc) is 2.39. The third kappa shape index (κ3) is 4.69. The fourth-order valence-corrected chi connectivity index (χ4v) is 1.18. The minimum atomic E-state index is -0.648. The van der Waals surface area contributed by atoms with Crippen LogP contribution in [0.25, 0.3) is 6.08 Å². The Balaban J connectivity index is 2.44. The molecule has 5 nitrogen and oxygen atoms in total. The number of esters is 2. The van der Waals surface area contributed by atoms with Crippen molar-refractivity contribution in [2.24, 2.45) is 0 Å². The molecule has 0 unspecified atom stereocenters. The lowest BCUT2D eigenvalue weighted by Gasteiger charge is -2.00. The van der Waals surface area contributed by atoms with Crippen molar-refractivity contribution in [2.75, 3.05) is 19.5 Å². The third-order valence-electron chi connectivity index (χ3n) is 2.18. The van der Waals surface area contributed by atoms with Gasteiger partial charge in [0.1, 0.15) is 6.42 Å². The third-order valence-corrected chi connectivity index (χ3v) is 2.18. The second-order valence-electron chi connectivity index (χ2n) is 3.42. The molecule has 0 aliphatic carbocycles. The molecule has 1 N–H and O–H groups in total. The predicted molar refractivity (Wildman–Crippen MR) is 67.7 cm³/mol. The molecule has 0 saturated heterocycles. The number of anilines is 1. The van der Waals surface area contributed by atoms with Crippen molar-refractivity contribution in [2.45, 2.75) is 6.42 Å². The van der Waals surface area contributed by atoms with Gasteiger partial charge in [-0.2, -0.15) is 0 Å². The van der Waals surface area contributed by atoms with Crippen LogP contribution in [0.2, 0.25) is 0 Å². The summed E-state index contributed by atoms with van der Waals surface area (Å²) in [6.07, 6.45) is 2.49. The molecule has 1 aromatic carbocycles. The number of hydrogen-bond donors (Lipinski definition) is 1. The molecular formula is C13H15NO4. The summed E-state index contributed by atoms with van der Waals surface area (Å²) in [5, 5.41) is 3.00. The number of benzene rings is 1. The Labute approximate surface area is 105 Å². The standard InChI is InChI=1S/C13H15NO4/c1-14-11-5-3-10(4-6-11)7-8-18-13(16)9-12(15)17-2/h3-8,14H,9H2,1-2H3/b8-7+. The van der Waals surface area contributed by atoms with Crippen molar-refractivity contribution in [3.05, 3.63) is 36.1 Å². The topological polar surface area (TPSA) is 64.6 Å². The zero-order chi connectivity index (χ0) is 13.4. The van der Waals surface area contributed by atoms with Crippen molar-refractivity contribution in [3.8, 4) is 0 Å².